The lowest BCUT2D eigenvalue weighted by Gasteiger charge is -2.26. The molecule has 0 bridgehead atoms. The molecule has 1 aliphatic heterocycles. The number of piperidine rings is 1. The first-order valence-corrected chi connectivity index (χ1v) is 10.8. The number of allylic oxidation sites excluding steroid dienone is 1. The van der Waals surface area contributed by atoms with Crippen molar-refractivity contribution in [2.75, 3.05) is 18.4 Å². The molecule has 5 rings (SSSR count). The van der Waals surface area contributed by atoms with Gasteiger partial charge in [0.15, 0.2) is 0 Å². The fourth-order valence-electron chi connectivity index (χ4n) is 4.30. The van der Waals surface area contributed by atoms with Gasteiger partial charge in [0.1, 0.15) is 5.82 Å². The van der Waals surface area contributed by atoms with Gasteiger partial charge in [-0.05, 0) is 67.8 Å². The van der Waals surface area contributed by atoms with Gasteiger partial charge in [0.05, 0.1) is 11.9 Å². The summed E-state index contributed by atoms with van der Waals surface area (Å²) in [6.45, 7) is 7.50. The molecule has 3 aromatic rings. The first-order valence-electron chi connectivity index (χ1n) is 10.8. The Labute approximate surface area is 172 Å². The van der Waals surface area contributed by atoms with Crippen molar-refractivity contribution < 1.29 is 0 Å². The van der Waals surface area contributed by atoms with Crippen LogP contribution in [0.25, 0.3) is 21.9 Å². The molecule has 29 heavy (non-hydrogen) atoms. The summed E-state index contributed by atoms with van der Waals surface area (Å²) < 4.78 is 2.04. The van der Waals surface area contributed by atoms with Gasteiger partial charge in [0.2, 0.25) is 0 Å². The summed E-state index contributed by atoms with van der Waals surface area (Å²) in [5.41, 5.74) is 4.83. The van der Waals surface area contributed by atoms with E-state index in [1.54, 1.807) is 0 Å². The molecule has 1 aromatic carbocycles. The van der Waals surface area contributed by atoms with Crippen molar-refractivity contribution in [3.8, 4) is 11.1 Å². The van der Waals surface area contributed by atoms with Gasteiger partial charge in [0.25, 0.3) is 0 Å². The first kappa shape index (κ1) is 18.4. The van der Waals surface area contributed by atoms with Gasteiger partial charge in [-0.25, -0.2) is 4.98 Å². The third-order valence-corrected chi connectivity index (χ3v) is 6.28. The van der Waals surface area contributed by atoms with Crippen LogP contribution in [0.15, 0.2) is 48.9 Å². The Morgan fingerprint density at radius 1 is 1.10 bits per heavy atom. The van der Waals surface area contributed by atoms with Gasteiger partial charge in [-0.2, -0.15) is 5.10 Å². The number of nitrogens with one attached hydrogen (secondary N) is 1. The van der Waals surface area contributed by atoms with E-state index in [1.165, 1.54) is 67.4 Å². The molecule has 1 aliphatic carbocycles. The highest BCUT2D eigenvalue weighted by molar-refractivity contribution is 5.88. The number of anilines is 1. The molecule has 2 aliphatic rings. The minimum absolute atomic E-state index is 0.617. The predicted molar refractivity (Wildman–Crippen MR) is 119 cm³/mol. The molecule has 5 heteroatoms. The van der Waals surface area contributed by atoms with Crippen LogP contribution in [0, 0.1) is 5.92 Å². The van der Waals surface area contributed by atoms with Crippen LogP contribution >= 0.6 is 0 Å². The molecule has 1 saturated carbocycles. The van der Waals surface area contributed by atoms with E-state index in [9.17, 15) is 0 Å². The molecule has 0 amide bonds. The zero-order valence-corrected chi connectivity index (χ0v) is 17.2. The van der Waals surface area contributed by atoms with Crippen molar-refractivity contribution in [1.29, 1.82) is 0 Å². The van der Waals surface area contributed by atoms with Crippen molar-refractivity contribution in [1.82, 2.24) is 19.7 Å². The maximum Gasteiger partial charge on any atom is 0.130 e. The maximum absolute atomic E-state index is 4.58. The third-order valence-electron chi connectivity index (χ3n) is 6.28. The second-order valence-corrected chi connectivity index (χ2v) is 8.52. The number of hydrogen-bond donors (Lipinski definition) is 1. The smallest absolute Gasteiger partial charge is 0.130 e. The van der Waals surface area contributed by atoms with Crippen LogP contribution in [0.5, 0.6) is 0 Å². The quantitative estimate of drug-likeness (QED) is 0.650. The van der Waals surface area contributed by atoms with E-state index >= 15 is 0 Å². The van der Waals surface area contributed by atoms with E-state index in [4.69, 9.17) is 0 Å². The fraction of sp³-hybridized carbons (Fsp3) is 0.417. The average Bonchev–Trinajstić information content (AvgIpc) is 3.53. The third kappa shape index (κ3) is 3.92. The predicted octanol–water partition coefficient (Wildman–Crippen LogP) is 4.96. The van der Waals surface area contributed by atoms with Gasteiger partial charge in [-0.15, -0.1) is 0 Å². The van der Waals surface area contributed by atoms with Crippen molar-refractivity contribution in [2.45, 2.75) is 38.6 Å². The zero-order valence-electron chi connectivity index (χ0n) is 17.2. The van der Waals surface area contributed by atoms with Gasteiger partial charge in [-0.3, -0.25) is 9.58 Å². The van der Waals surface area contributed by atoms with Crippen molar-refractivity contribution in [3.05, 3.63) is 54.6 Å². The van der Waals surface area contributed by atoms with E-state index in [0.717, 1.165) is 23.4 Å². The van der Waals surface area contributed by atoms with Gasteiger partial charge in [-0.1, -0.05) is 25.1 Å². The van der Waals surface area contributed by atoms with Crippen LogP contribution in [0.3, 0.4) is 0 Å². The molecule has 1 N–H and O–H groups in total. The second-order valence-electron chi connectivity index (χ2n) is 8.52. The maximum atomic E-state index is 4.58. The highest BCUT2D eigenvalue weighted by atomic mass is 15.3. The van der Waals surface area contributed by atoms with Crippen molar-refractivity contribution >= 4 is 16.6 Å². The van der Waals surface area contributed by atoms with Crippen LogP contribution in [-0.4, -0.2) is 32.8 Å². The lowest BCUT2D eigenvalue weighted by Crippen LogP contribution is -2.30. The molecule has 3 heterocycles. The van der Waals surface area contributed by atoms with Crippen LogP contribution in [0.2, 0.25) is 0 Å². The Morgan fingerprint density at radius 3 is 2.72 bits per heavy atom. The lowest BCUT2D eigenvalue weighted by molar-refractivity contribution is 0.216. The molecule has 0 spiro atoms. The summed E-state index contributed by atoms with van der Waals surface area (Å²) in [6.07, 6.45) is 10.4. The van der Waals surface area contributed by atoms with Gasteiger partial charge < -0.3 is 5.32 Å². The number of aryl methyl sites for hydroxylation is 1. The number of aromatic nitrogens is 3. The van der Waals surface area contributed by atoms with Crippen LogP contribution in [0.1, 0.15) is 37.8 Å². The molecule has 150 valence electrons. The molecular formula is C24H29N5. The van der Waals surface area contributed by atoms with Crippen LogP contribution in [-0.2, 0) is 13.6 Å². The normalized spacial score (nSPS) is 17.6. The minimum Gasteiger partial charge on any atom is -0.344 e. The minimum atomic E-state index is 0.617. The standard InChI is InChI=1S/C24H29N5/c1-17(18-6-7-18)27-24-13-21-12-19(8-9-20(21)14-25-24)22-15-26-28(2)23(22)16-29-10-4-3-5-11-29/h8-9,12-15,18H,1,3-7,10-11,16H2,2H3,(H,25,27). The van der Waals surface area contributed by atoms with Crippen LogP contribution < -0.4 is 5.32 Å². The number of likely N-dealkylation sites (tertiary alicyclic amines) is 1. The molecule has 2 aromatic heterocycles. The largest absolute Gasteiger partial charge is 0.344 e. The highest BCUT2D eigenvalue weighted by Crippen LogP contribution is 2.36. The SMILES string of the molecule is C=C(Nc1cc2cc(-c3cnn(C)c3CN3CCCCC3)ccc2cn1)C1CC1. The topological polar surface area (TPSA) is 46.0 Å². The lowest BCUT2D eigenvalue weighted by atomic mass is 10.0. The summed E-state index contributed by atoms with van der Waals surface area (Å²) in [5, 5.41) is 10.3. The molecule has 1 saturated heterocycles. The van der Waals surface area contributed by atoms with E-state index < -0.39 is 0 Å². The Hall–Kier alpha value is -2.66. The van der Waals surface area contributed by atoms with E-state index in [0.29, 0.717) is 5.92 Å². The second kappa shape index (κ2) is 7.64. The zero-order chi connectivity index (χ0) is 19.8. The Morgan fingerprint density at radius 2 is 1.93 bits per heavy atom. The molecule has 0 unspecified atom stereocenters. The van der Waals surface area contributed by atoms with E-state index in [-0.39, 0.29) is 0 Å². The number of rotatable bonds is 6. The monoisotopic (exact) mass is 387 g/mol. The van der Waals surface area contributed by atoms with Gasteiger partial charge >= 0.3 is 0 Å². The van der Waals surface area contributed by atoms with Crippen LogP contribution in [0.4, 0.5) is 5.82 Å². The van der Waals surface area contributed by atoms with Crippen molar-refractivity contribution in [3.63, 3.8) is 0 Å². The average molecular weight is 388 g/mol. The molecule has 2 fully saturated rings. The number of pyridine rings is 1. The summed E-state index contributed by atoms with van der Waals surface area (Å²) >= 11 is 0. The highest BCUT2D eigenvalue weighted by Gasteiger charge is 2.24. The Kier molecular flexibility index (Phi) is 4.84. The Bertz CT molecular complexity index is 1040. The van der Waals surface area contributed by atoms with Gasteiger partial charge in [0, 0.05) is 36.4 Å². The fourth-order valence-corrected chi connectivity index (χ4v) is 4.30. The summed E-state index contributed by atoms with van der Waals surface area (Å²) in [7, 11) is 2.05. The molecule has 0 radical (unpaired) electrons. The number of benzene rings is 1. The summed E-state index contributed by atoms with van der Waals surface area (Å²) in [5.74, 6) is 1.50. The summed E-state index contributed by atoms with van der Waals surface area (Å²) in [4.78, 5) is 7.12. The first-order chi connectivity index (χ1) is 14.2. The number of hydrogen-bond acceptors (Lipinski definition) is 4. The number of fused-ring (bicyclic) bond motifs is 1. The summed E-state index contributed by atoms with van der Waals surface area (Å²) in [6, 6.07) is 8.75. The Balaban J connectivity index is 1.44. The molecular weight excluding hydrogens is 358 g/mol. The van der Waals surface area contributed by atoms with Crippen molar-refractivity contribution in [2.24, 2.45) is 13.0 Å². The van der Waals surface area contributed by atoms with E-state index in [1.807, 2.05) is 17.1 Å². The molecule has 5 nitrogen and oxygen atoms in total. The molecule has 0 atom stereocenters. The van der Waals surface area contributed by atoms with E-state index in [2.05, 4.69) is 58.2 Å². The number of nitrogens with zero attached hydrogens (tertiary/aromatic N) is 4.